The van der Waals surface area contributed by atoms with Crippen LogP contribution in [-0.4, -0.2) is 11.7 Å². The molecule has 0 radical (unpaired) electrons. The molecule has 0 heterocycles. The minimum Gasteiger partial charge on any atom is -0.396 e. The molecule has 1 nitrogen and oxygen atoms in total. The maximum atomic E-state index is 9.99. The van der Waals surface area contributed by atoms with Gasteiger partial charge in [-0.1, -0.05) is 56.9 Å². The summed E-state index contributed by atoms with van der Waals surface area (Å²) in [5, 5.41) is 9.99. The average Bonchev–Trinajstić information content (AvgIpc) is 2.46. The molecule has 3 rings (SSSR count). The molecule has 1 heteroatoms. The third-order valence-corrected chi connectivity index (χ3v) is 6.99. The molecule has 0 aromatic carbocycles. The van der Waals surface area contributed by atoms with Crippen LogP contribution in [0.1, 0.15) is 72.6 Å². The van der Waals surface area contributed by atoms with Crippen LogP contribution in [0, 0.1) is 22.7 Å². The summed E-state index contributed by atoms with van der Waals surface area (Å²) in [5.74, 6) is 1.37. The first-order valence-electron chi connectivity index (χ1n) is 8.92. The summed E-state index contributed by atoms with van der Waals surface area (Å²) in [6.45, 7) is 9.86. The van der Waals surface area contributed by atoms with Crippen molar-refractivity contribution < 1.29 is 5.11 Å². The Balaban J connectivity index is 1.93. The van der Waals surface area contributed by atoms with Crippen LogP contribution in [0.15, 0.2) is 22.8 Å². The standard InChI is InChI=1S/C20H32O/c1-14(2)15-6-8-17-16(12-15)7-9-18-19(3,13-21)10-5-11-20(17,18)4/h6,14,18,21H,5,7-13H2,1-4H3/t18?,19-,20+/m0/s1. The summed E-state index contributed by atoms with van der Waals surface area (Å²) in [6.07, 6.45) is 11.3. The molecule has 1 fully saturated rings. The third-order valence-electron chi connectivity index (χ3n) is 6.99. The molecule has 0 bridgehead atoms. The van der Waals surface area contributed by atoms with Crippen molar-refractivity contribution in [3.8, 4) is 0 Å². The number of hydrogen-bond acceptors (Lipinski definition) is 1. The molecule has 0 aliphatic heterocycles. The van der Waals surface area contributed by atoms with Gasteiger partial charge in [0.05, 0.1) is 0 Å². The Labute approximate surface area is 130 Å². The first-order chi connectivity index (χ1) is 9.90. The summed E-state index contributed by atoms with van der Waals surface area (Å²) in [7, 11) is 0. The van der Waals surface area contributed by atoms with Crippen molar-refractivity contribution >= 4 is 0 Å². The lowest BCUT2D eigenvalue weighted by Crippen LogP contribution is -2.48. The van der Waals surface area contributed by atoms with Gasteiger partial charge in [0.2, 0.25) is 0 Å². The van der Waals surface area contributed by atoms with E-state index in [1.54, 1.807) is 16.7 Å². The molecule has 0 saturated heterocycles. The maximum Gasteiger partial charge on any atom is 0.0487 e. The molecule has 3 aliphatic carbocycles. The lowest BCUT2D eigenvalue weighted by molar-refractivity contribution is -0.0387. The van der Waals surface area contributed by atoms with Gasteiger partial charge in [-0.05, 0) is 61.2 Å². The van der Waals surface area contributed by atoms with Gasteiger partial charge >= 0.3 is 0 Å². The zero-order valence-corrected chi connectivity index (χ0v) is 14.3. The summed E-state index contributed by atoms with van der Waals surface area (Å²) < 4.78 is 0. The van der Waals surface area contributed by atoms with Crippen molar-refractivity contribution in [3.05, 3.63) is 22.8 Å². The first kappa shape index (κ1) is 15.3. The topological polar surface area (TPSA) is 20.2 Å². The fraction of sp³-hybridized carbons (Fsp3) is 0.800. The molecule has 1 saturated carbocycles. The fourth-order valence-corrected chi connectivity index (χ4v) is 5.63. The second-order valence-corrected chi connectivity index (χ2v) is 8.57. The molecular formula is C20H32O. The fourth-order valence-electron chi connectivity index (χ4n) is 5.63. The smallest absolute Gasteiger partial charge is 0.0487 e. The van der Waals surface area contributed by atoms with Crippen molar-refractivity contribution in [2.75, 3.05) is 6.61 Å². The summed E-state index contributed by atoms with van der Waals surface area (Å²) in [4.78, 5) is 0. The Kier molecular flexibility index (Phi) is 3.84. The second-order valence-electron chi connectivity index (χ2n) is 8.57. The SMILES string of the molecule is CC(C)C1=CCC2=C(CCC3[C@](C)(CO)CCC[C@]23C)C1. The molecule has 3 aliphatic rings. The number of fused-ring (bicyclic) bond motifs is 2. The van der Waals surface area contributed by atoms with Crippen LogP contribution < -0.4 is 0 Å². The van der Waals surface area contributed by atoms with E-state index >= 15 is 0 Å². The molecular weight excluding hydrogens is 256 g/mol. The molecule has 1 N–H and O–H groups in total. The molecule has 21 heavy (non-hydrogen) atoms. The van der Waals surface area contributed by atoms with Crippen molar-refractivity contribution in [3.63, 3.8) is 0 Å². The molecule has 0 aromatic rings. The number of rotatable bonds is 2. The summed E-state index contributed by atoms with van der Waals surface area (Å²) in [6, 6.07) is 0. The number of hydrogen-bond donors (Lipinski definition) is 1. The highest BCUT2D eigenvalue weighted by Crippen LogP contribution is 2.61. The van der Waals surface area contributed by atoms with E-state index in [1.807, 2.05) is 0 Å². The van der Waals surface area contributed by atoms with Gasteiger partial charge in [-0.15, -0.1) is 0 Å². The Morgan fingerprint density at radius 1 is 1.29 bits per heavy atom. The van der Waals surface area contributed by atoms with Gasteiger partial charge in [0, 0.05) is 6.61 Å². The van der Waals surface area contributed by atoms with Gasteiger partial charge in [0.1, 0.15) is 0 Å². The Bertz CT molecular complexity index is 484. The van der Waals surface area contributed by atoms with E-state index in [0.717, 1.165) is 0 Å². The van der Waals surface area contributed by atoms with E-state index in [4.69, 9.17) is 0 Å². The van der Waals surface area contributed by atoms with Gasteiger partial charge in [-0.3, -0.25) is 0 Å². The normalized spacial score (nSPS) is 39.9. The van der Waals surface area contributed by atoms with E-state index < -0.39 is 0 Å². The van der Waals surface area contributed by atoms with Crippen LogP contribution in [0.25, 0.3) is 0 Å². The molecule has 1 unspecified atom stereocenters. The van der Waals surface area contributed by atoms with E-state index in [-0.39, 0.29) is 5.41 Å². The van der Waals surface area contributed by atoms with E-state index in [2.05, 4.69) is 33.8 Å². The monoisotopic (exact) mass is 288 g/mol. The summed E-state index contributed by atoms with van der Waals surface area (Å²) in [5.41, 5.74) is 5.65. The predicted octanol–water partition coefficient (Wildman–Crippen LogP) is 5.26. The molecule has 0 spiro atoms. The molecule has 3 atom stereocenters. The highest BCUT2D eigenvalue weighted by Gasteiger charge is 2.52. The Morgan fingerprint density at radius 3 is 2.71 bits per heavy atom. The lowest BCUT2D eigenvalue weighted by atomic mass is 9.49. The zero-order valence-electron chi connectivity index (χ0n) is 14.3. The van der Waals surface area contributed by atoms with Gasteiger partial charge in [0.25, 0.3) is 0 Å². The number of aliphatic hydroxyl groups is 1. The van der Waals surface area contributed by atoms with Crippen LogP contribution in [0.4, 0.5) is 0 Å². The van der Waals surface area contributed by atoms with Gasteiger partial charge in [0.15, 0.2) is 0 Å². The number of aliphatic hydroxyl groups excluding tert-OH is 1. The first-order valence-corrected chi connectivity index (χ1v) is 8.92. The highest BCUT2D eigenvalue weighted by atomic mass is 16.3. The molecule has 118 valence electrons. The van der Waals surface area contributed by atoms with Crippen LogP contribution >= 0.6 is 0 Å². The molecule has 0 aromatic heterocycles. The van der Waals surface area contributed by atoms with Crippen molar-refractivity contribution in [2.24, 2.45) is 22.7 Å². The van der Waals surface area contributed by atoms with Crippen LogP contribution in [0.2, 0.25) is 0 Å². The van der Waals surface area contributed by atoms with Gasteiger partial charge < -0.3 is 5.11 Å². The van der Waals surface area contributed by atoms with Crippen LogP contribution in [-0.2, 0) is 0 Å². The zero-order chi connectivity index (χ0) is 15.3. The van der Waals surface area contributed by atoms with Crippen molar-refractivity contribution in [1.82, 2.24) is 0 Å². The minimum atomic E-state index is 0.146. The Hall–Kier alpha value is -0.560. The predicted molar refractivity (Wildman–Crippen MR) is 89.1 cm³/mol. The van der Waals surface area contributed by atoms with Crippen molar-refractivity contribution in [2.45, 2.75) is 72.6 Å². The number of allylic oxidation sites excluding steroid dienone is 4. The van der Waals surface area contributed by atoms with Crippen LogP contribution in [0.5, 0.6) is 0 Å². The Morgan fingerprint density at radius 2 is 2.05 bits per heavy atom. The average molecular weight is 288 g/mol. The largest absolute Gasteiger partial charge is 0.396 e. The lowest BCUT2D eigenvalue weighted by Gasteiger charge is -2.56. The molecule has 0 amide bonds. The van der Waals surface area contributed by atoms with Crippen molar-refractivity contribution in [1.29, 1.82) is 0 Å². The minimum absolute atomic E-state index is 0.146. The van der Waals surface area contributed by atoms with E-state index in [1.165, 1.54) is 44.9 Å². The highest BCUT2D eigenvalue weighted by molar-refractivity contribution is 5.37. The third kappa shape index (κ3) is 2.32. The summed E-state index contributed by atoms with van der Waals surface area (Å²) >= 11 is 0. The van der Waals surface area contributed by atoms with E-state index in [9.17, 15) is 5.11 Å². The van der Waals surface area contributed by atoms with E-state index in [0.29, 0.717) is 23.9 Å². The second kappa shape index (κ2) is 5.26. The van der Waals surface area contributed by atoms with Gasteiger partial charge in [-0.2, -0.15) is 0 Å². The van der Waals surface area contributed by atoms with Gasteiger partial charge in [-0.25, -0.2) is 0 Å². The van der Waals surface area contributed by atoms with Crippen LogP contribution in [0.3, 0.4) is 0 Å². The maximum absolute atomic E-state index is 9.99. The quantitative estimate of drug-likeness (QED) is 0.687.